The summed E-state index contributed by atoms with van der Waals surface area (Å²) in [6, 6.07) is 4.70. The van der Waals surface area contributed by atoms with E-state index in [2.05, 4.69) is 0 Å². The highest BCUT2D eigenvalue weighted by molar-refractivity contribution is 6.10. The minimum atomic E-state index is -5.19. The van der Waals surface area contributed by atoms with Gasteiger partial charge in [-0.25, -0.2) is 4.79 Å². The van der Waals surface area contributed by atoms with Crippen LogP contribution < -0.4 is 10.6 Å². The second-order valence-corrected chi connectivity index (χ2v) is 4.81. The van der Waals surface area contributed by atoms with Crippen LogP contribution in [0.3, 0.4) is 0 Å². The molecule has 1 saturated heterocycles. The Balaban J connectivity index is 2.42. The molecule has 1 aliphatic heterocycles. The fourth-order valence-electron chi connectivity index (χ4n) is 2.05. The number of nitrogens with one attached hydrogen (secondary N) is 2. The minimum absolute atomic E-state index is 0.0253. The molecule has 1 aromatic rings. The number of benzene rings is 1. The summed E-state index contributed by atoms with van der Waals surface area (Å²) in [6.45, 7) is 1.54. The van der Waals surface area contributed by atoms with Gasteiger partial charge in [-0.1, -0.05) is 18.2 Å². The van der Waals surface area contributed by atoms with E-state index in [1.54, 1.807) is 11.4 Å². The first-order valence-corrected chi connectivity index (χ1v) is 6.15. The third-order valence-electron chi connectivity index (χ3n) is 3.34. The molecular weight excluding hydrogens is 303 g/mol. The number of nitrogens with zero attached hydrogens (tertiary/aromatic N) is 1. The molecular formula is C13H12F3N3O3. The van der Waals surface area contributed by atoms with Gasteiger partial charge in [0.25, 0.3) is 17.5 Å². The summed E-state index contributed by atoms with van der Waals surface area (Å²) in [7, 11) is 0.894. The fourth-order valence-corrected chi connectivity index (χ4v) is 2.05. The van der Waals surface area contributed by atoms with Crippen LogP contribution in [0.2, 0.25) is 0 Å². The Labute approximate surface area is 123 Å². The number of amides is 4. The molecule has 118 valence electrons. The summed E-state index contributed by atoms with van der Waals surface area (Å²) in [6.07, 6.45) is -5.19. The smallest absolute Gasteiger partial charge is 0.314 e. The van der Waals surface area contributed by atoms with E-state index in [1.807, 2.05) is 0 Å². The number of carbonyl (C=O) groups excluding carboxylic acids is 3. The molecule has 0 saturated carbocycles. The number of halogens is 3. The SMILES string of the molecule is Cc1ccccc1C(=O)N[C@]1(C(F)(F)F)NC(=O)N(C)C1=O. The molecule has 0 unspecified atom stereocenters. The molecule has 2 rings (SSSR count). The van der Waals surface area contributed by atoms with Crippen molar-refractivity contribution in [2.45, 2.75) is 18.8 Å². The molecule has 1 atom stereocenters. The number of imide groups is 1. The molecule has 0 bridgehead atoms. The van der Waals surface area contributed by atoms with E-state index in [9.17, 15) is 27.6 Å². The normalized spacial score (nSPS) is 21.8. The zero-order valence-corrected chi connectivity index (χ0v) is 11.6. The van der Waals surface area contributed by atoms with Crippen molar-refractivity contribution >= 4 is 17.8 Å². The van der Waals surface area contributed by atoms with Crippen molar-refractivity contribution in [3.05, 3.63) is 35.4 Å². The third-order valence-corrected chi connectivity index (χ3v) is 3.34. The Morgan fingerprint density at radius 3 is 2.32 bits per heavy atom. The Morgan fingerprint density at radius 2 is 1.86 bits per heavy atom. The molecule has 0 spiro atoms. The van der Waals surface area contributed by atoms with E-state index < -0.39 is 29.7 Å². The number of aryl methyl sites for hydroxylation is 1. The van der Waals surface area contributed by atoms with E-state index in [4.69, 9.17) is 0 Å². The zero-order chi connectivity index (χ0) is 16.7. The van der Waals surface area contributed by atoms with E-state index in [0.717, 1.165) is 7.05 Å². The van der Waals surface area contributed by atoms with Crippen LogP contribution in [0, 0.1) is 6.92 Å². The standard InChI is InChI=1S/C13H12F3N3O3/c1-7-5-3-4-6-8(7)9(20)17-12(13(14,15)16)10(21)19(2)11(22)18-12/h3-6H,1-2H3,(H,17,20)(H,18,22)/t12-/m0/s1. The summed E-state index contributed by atoms with van der Waals surface area (Å²) >= 11 is 0. The van der Waals surface area contributed by atoms with Gasteiger partial charge >= 0.3 is 12.2 Å². The molecule has 1 aromatic carbocycles. The van der Waals surface area contributed by atoms with E-state index in [1.165, 1.54) is 30.4 Å². The topological polar surface area (TPSA) is 78.5 Å². The van der Waals surface area contributed by atoms with Crippen molar-refractivity contribution in [3.8, 4) is 0 Å². The van der Waals surface area contributed by atoms with Crippen LogP contribution >= 0.6 is 0 Å². The number of carbonyl (C=O) groups is 3. The van der Waals surface area contributed by atoms with Gasteiger partial charge < -0.3 is 5.32 Å². The first-order chi connectivity index (χ1) is 10.1. The molecule has 1 fully saturated rings. The largest absolute Gasteiger partial charge is 0.440 e. The fraction of sp³-hybridized carbons (Fsp3) is 0.308. The van der Waals surface area contributed by atoms with Crippen molar-refractivity contribution in [2.24, 2.45) is 0 Å². The molecule has 6 nitrogen and oxygen atoms in total. The summed E-state index contributed by atoms with van der Waals surface area (Å²) in [5.41, 5.74) is -3.05. The molecule has 0 radical (unpaired) electrons. The van der Waals surface area contributed by atoms with Crippen LogP contribution in [-0.4, -0.2) is 41.6 Å². The van der Waals surface area contributed by atoms with E-state index in [-0.39, 0.29) is 10.5 Å². The lowest BCUT2D eigenvalue weighted by Gasteiger charge is -2.29. The van der Waals surface area contributed by atoms with Crippen LogP contribution in [0.5, 0.6) is 0 Å². The first-order valence-electron chi connectivity index (χ1n) is 6.15. The average molecular weight is 315 g/mol. The second kappa shape index (κ2) is 5.00. The molecule has 4 amide bonds. The molecule has 0 aliphatic carbocycles. The van der Waals surface area contributed by atoms with Gasteiger partial charge in [-0.2, -0.15) is 13.2 Å². The predicted octanol–water partition coefficient (Wildman–Crippen LogP) is 1.17. The maximum Gasteiger partial charge on any atom is 0.440 e. The van der Waals surface area contributed by atoms with Gasteiger partial charge in [0.05, 0.1) is 0 Å². The lowest BCUT2D eigenvalue weighted by Crippen LogP contribution is -2.69. The van der Waals surface area contributed by atoms with Gasteiger partial charge in [0.2, 0.25) is 0 Å². The number of hydrogen-bond acceptors (Lipinski definition) is 3. The Hall–Kier alpha value is -2.58. The number of hydrogen-bond donors (Lipinski definition) is 2. The Kier molecular flexibility index (Phi) is 3.59. The molecule has 1 aliphatic rings. The number of urea groups is 1. The van der Waals surface area contributed by atoms with Crippen molar-refractivity contribution in [1.82, 2.24) is 15.5 Å². The number of likely N-dealkylation sites (N-methyl/N-ethyl adjacent to an activating group) is 1. The molecule has 2 N–H and O–H groups in total. The Morgan fingerprint density at radius 1 is 1.27 bits per heavy atom. The monoisotopic (exact) mass is 315 g/mol. The van der Waals surface area contributed by atoms with Crippen molar-refractivity contribution in [1.29, 1.82) is 0 Å². The van der Waals surface area contributed by atoms with Gasteiger partial charge in [-0.05, 0) is 18.6 Å². The first kappa shape index (κ1) is 15.8. The number of alkyl halides is 3. The minimum Gasteiger partial charge on any atom is -0.314 e. The van der Waals surface area contributed by atoms with Crippen LogP contribution in [0.15, 0.2) is 24.3 Å². The maximum absolute atomic E-state index is 13.3. The van der Waals surface area contributed by atoms with Crippen LogP contribution in [0.4, 0.5) is 18.0 Å². The summed E-state index contributed by atoms with van der Waals surface area (Å²) < 4.78 is 39.9. The van der Waals surface area contributed by atoms with Crippen LogP contribution in [-0.2, 0) is 4.79 Å². The molecule has 0 aromatic heterocycles. The predicted molar refractivity (Wildman–Crippen MR) is 68.7 cm³/mol. The highest BCUT2D eigenvalue weighted by Crippen LogP contribution is 2.33. The summed E-state index contributed by atoms with van der Waals surface area (Å²) in [5.74, 6) is -2.70. The average Bonchev–Trinajstić information content (AvgIpc) is 2.64. The zero-order valence-electron chi connectivity index (χ0n) is 11.6. The summed E-state index contributed by atoms with van der Waals surface area (Å²) in [5, 5.41) is 3.12. The van der Waals surface area contributed by atoms with Gasteiger partial charge in [0, 0.05) is 12.6 Å². The summed E-state index contributed by atoms with van der Waals surface area (Å²) in [4.78, 5) is 35.6. The van der Waals surface area contributed by atoms with Crippen LogP contribution in [0.25, 0.3) is 0 Å². The highest BCUT2D eigenvalue weighted by Gasteiger charge is 2.68. The van der Waals surface area contributed by atoms with Gasteiger partial charge in [-0.15, -0.1) is 0 Å². The molecule has 1 heterocycles. The molecule has 22 heavy (non-hydrogen) atoms. The second-order valence-electron chi connectivity index (χ2n) is 4.81. The van der Waals surface area contributed by atoms with Crippen molar-refractivity contribution in [2.75, 3.05) is 7.05 Å². The highest BCUT2D eigenvalue weighted by atomic mass is 19.4. The lowest BCUT2D eigenvalue weighted by atomic mass is 10.1. The van der Waals surface area contributed by atoms with Crippen LogP contribution in [0.1, 0.15) is 15.9 Å². The maximum atomic E-state index is 13.3. The quantitative estimate of drug-likeness (QED) is 0.804. The van der Waals surface area contributed by atoms with Gasteiger partial charge in [0.1, 0.15) is 0 Å². The van der Waals surface area contributed by atoms with Crippen molar-refractivity contribution in [3.63, 3.8) is 0 Å². The van der Waals surface area contributed by atoms with E-state index >= 15 is 0 Å². The lowest BCUT2D eigenvalue weighted by molar-refractivity contribution is -0.199. The Bertz CT molecular complexity index is 659. The molecule has 9 heteroatoms. The van der Waals surface area contributed by atoms with Crippen molar-refractivity contribution < 1.29 is 27.6 Å². The number of rotatable bonds is 2. The van der Waals surface area contributed by atoms with E-state index in [0.29, 0.717) is 5.56 Å². The third kappa shape index (κ3) is 2.28. The van der Waals surface area contributed by atoms with Gasteiger partial charge in [0.15, 0.2) is 0 Å². The van der Waals surface area contributed by atoms with Gasteiger partial charge in [-0.3, -0.25) is 19.8 Å².